The Morgan fingerprint density at radius 3 is 2.19 bits per heavy atom. The van der Waals surface area contributed by atoms with Crippen molar-refractivity contribution in [2.45, 2.75) is 69.7 Å². The molecule has 0 heterocycles. The number of carbonyl (C=O) groups is 3. The third-order valence-electron chi connectivity index (χ3n) is 4.95. The van der Waals surface area contributed by atoms with E-state index in [9.17, 15) is 29.7 Å². The average Bonchev–Trinajstić information content (AvgIpc) is 2.69. The van der Waals surface area contributed by atoms with Gasteiger partial charge in [-0.15, -0.1) is 0 Å². The van der Waals surface area contributed by atoms with E-state index < -0.39 is 36.2 Å². The van der Waals surface area contributed by atoms with Crippen molar-refractivity contribution in [1.82, 2.24) is 0 Å². The summed E-state index contributed by atoms with van der Waals surface area (Å²) in [6.45, 7) is 1.28. The van der Waals surface area contributed by atoms with E-state index in [0.29, 0.717) is 23.4 Å². The smallest absolute Gasteiger partial charge is 0.338 e. The topological polar surface area (TPSA) is 130 Å². The van der Waals surface area contributed by atoms with Crippen molar-refractivity contribution in [3.63, 3.8) is 0 Å². The fraction of sp³-hybridized carbons (Fsp3) is 0.591. The highest BCUT2D eigenvalue weighted by atomic mass is 35.5. The van der Waals surface area contributed by atoms with E-state index in [4.69, 9.17) is 11.6 Å². The molecule has 31 heavy (non-hydrogen) atoms. The van der Waals surface area contributed by atoms with Gasteiger partial charge < -0.3 is 24.8 Å². The maximum atomic E-state index is 12.2. The molecule has 174 valence electrons. The van der Waals surface area contributed by atoms with Gasteiger partial charge in [-0.3, -0.25) is 9.59 Å². The van der Waals surface area contributed by atoms with Gasteiger partial charge in [-0.2, -0.15) is 0 Å². The fourth-order valence-corrected chi connectivity index (χ4v) is 3.49. The summed E-state index contributed by atoms with van der Waals surface area (Å²) in [6, 6.07) is 4.99. The largest absolute Gasteiger partial charge is 0.469 e. The molecule has 1 aromatic rings. The molecular formula is C22H31ClO8. The van der Waals surface area contributed by atoms with E-state index in [1.165, 1.54) is 13.0 Å². The van der Waals surface area contributed by atoms with Gasteiger partial charge >= 0.3 is 11.9 Å². The summed E-state index contributed by atoms with van der Waals surface area (Å²) < 4.78 is 8.97. The standard InChI is InChI=1S/C22H31ClO8/c1-21(27,28)18-12-16(23)11-10-15(18)8-6-4-5-7-9-17(24)13-22(29,20(26)31-3)14-19(25)30-2/h10-12,27-29H,4-9,13-14H2,1-3H3. The Morgan fingerprint density at radius 1 is 0.968 bits per heavy atom. The van der Waals surface area contributed by atoms with Crippen LogP contribution in [0.1, 0.15) is 63.0 Å². The lowest BCUT2D eigenvalue weighted by atomic mass is 9.91. The molecule has 0 aliphatic carbocycles. The fourth-order valence-electron chi connectivity index (χ4n) is 3.32. The first-order chi connectivity index (χ1) is 14.4. The maximum absolute atomic E-state index is 12.2. The number of esters is 2. The van der Waals surface area contributed by atoms with Crippen molar-refractivity contribution < 1.29 is 39.2 Å². The van der Waals surface area contributed by atoms with Crippen LogP contribution in [-0.4, -0.2) is 52.9 Å². The molecular weight excluding hydrogens is 428 g/mol. The highest BCUT2D eigenvalue weighted by molar-refractivity contribution is 6.30. The SMILES string of the molecule is COC(=O)CC(O)(CC(=O)CCCCCCc1ccc(Cl)cc1C(C)(O)O)C(=O)OC. The van der Waals surface area contributed by atoms with Crippen molar-refractivity contribution in [2.24, 2.45) is 0 Å². The molecule has 9 heteroatoms. The molecule has 0 aliphatic heterocycles. The predicted molar refractivity (Wildman–Crippen MR) is 113 cm³/mol. The molecule has 0 bridgehead atoms. The molecule has 1 unspecified atom stereocenters. The van der Waals surface area contributed by atoms with Crippen LogP contribution >= 0.6 is 11.6 Å². The first-order valence-electron chi connectivity index (χ1n) is 10.1. The van der Waals surface area contributed by atoms with Gasteiger partial charge in [0.15, 0.2) is 11.4 Å². The molecule has 0 fully saturated rings. The molecule has 0 spiro atoms. The van der Waals surface area contributed by atoms with Crippen LogP contribution in [0.2, 0.25) is 5.02 Å². The number of rotatable bonds is 13. The summed E-state index contributed by atoms with van der Waals surface area (Å²) in [5.74, 6) is -4.20. The lowest BCUT2D eigenvalue weighted by Crippen LogP contribution is -2.43. The minimum atomic E-state index is -2.23. The molecule has 8 nitrogen and oxygen atoms in total. The number of aryl methyl sites for hydroxylation is 1. The molecule has 0 radical (unpaired) electrons. The van der Waals surface area contributed by atoms with E-state index in [-0.39, 0.29) is 12.2 Å². The van der Waals surface area contributed by atoms with Crippen LogP contribution in [0.15, 0.2) is 18.2 Å². The number of methoxy groups -OCH3 is 2. The number of hydrogen-bond donors (Lipinski definition) is 3. The molecule has 1 rings (SSSR count). The highest BCUT2D eigenvalue weighted by Crippen LogP contribution is 2.27. The van der Waals surface area contributed by atoms with Crippen molar-refractivity contribution in [1.29, 1.82) is 0 Å². The van der Waals surface area contributed by atoms with Gasteiger partial charge in [0.05, 0.1) is 20.6 Å². The van der Waals surface area contributed by atoms with E-state index in [2.05, 4.69) is 9.47 Å². The van der Waals surface area contributed by atoms with Crippen molar-refractivity contribution >= 4 is 29.3 Å². The third-order valence-corrected chi connectivity index (χ3v) is 5.19. The Bertz CT molecular complexity index is 771. The van der Waals surface area contributed by atoms with Gasteiger partial charge in [0.2, 0.25) is 0 Å². The Labute approximate surface area is 187 Å². The van der Waals surface area contributed by atoms with Gasteiger partial charge in [0, 0.05) is 23.4 Å². The van der Waals surface area contributed by atoms with Crippen molar-refractivity contribution in [2.75, 3.05) is 14.2 Å². The van der Waals surface area contributed by atoms with Crippen LogP contribution in [0.25, 0.3) is 0 Å². The lowest BCUT2D eigenvalue weighted by Gasteiger charge is -2.23. The minimum absolute atomic E-state index is 0.151. The number of aliphatic hydroxyl groups is 3. The van der Waals surface area contributed by atoms with Crippen LogP contribution in [0, 0.1) is 0 Å². The number of unbranched alkanes of at least 4 members (excludes halogenated alkanes) is 3. The Balaban J connectivity index is 2.47. The van der Waals surface area contributed by atoms with Crippen molar-refractivity contribution in [3.8, 4) is 0 Å². The van der Waals surface area contributed by atoms with Gasteiger partial charge in [0.1, 0.15) is 5.78 Å². The van der Waals surface area contributed by atoms with Gasteiger partial charge in [-0.25, -0.2) is 4.79 Å². The van der Waals surface area contributed by atoms with E-state index in [1.54, 1.807) is 12.1 Å². The van der Waals surface area contributed by atoms with Crippen LogP contribution in [-0.2, 0) is 36.1 Å². The summed E-state index contributed by atoms with van der Waals surface area (Å²) in [6.07, 6.45) is 2.46. The van der Waals surface area contributed by atoms with Crippen LogP contribution in [0.3, 0.4) is 0 Å². The first-order valence-corrected chi connectivity index (χ1v) is 10.4. The number of benzene rings is 1. The second-order valence-corrected chi connectivity index (χ2v) is 8.16. The lowest BCUT2D eigenvalue weighted by molar-refractivity contribution is -0.171. The molecule has 0 saturated carbocycles. The summed E-state index contributed by atoms with van der Waals surface area (Å²) in [7, 11) is 2.19. The van der Waals surface area contributed by atoms with Crippen LogP contribution < -0.4 is 0 Å². The molecule has 3 N–H and O–H groups in total. The monoisotopic (exact) mass is 458 g/mol. The summed E-state index contributed by atoms with van der Waals surface area (Å²) >= 11 is 5.94. The van der Waals surface area contributed by atoms with E-state index in [0.717, 1.165) is 39.0 Å². The maximum Gasteiger partial charge on any atom is 0.338 e. The quantitative estimate of drug-likeness (QED) is 0.233. The zero-order valence-corrected chi connectivity index (χ0v) is 18.9. The minimum Gasteiger partial charge on any atom is -0.469 e. The molecule has 1 aromatic carbocycles. The second-order valence-electron chi connectivity index (χ2n) is 7.73. The van der Waals surface area contributed by atoms with Gasteiger partial charge in [-0.05, 0) is 43.9 Å². The Morgan fingerprint density at radius 2 is 1.61 bits per heavy atom. The van der Waals surface area contributed by atoms with Crippen LogP contribution in [0.4, 0.5) is 0 Å². The van der Waals surface area contributed by atoms with Gasteiger partial charge in [0.25, 0.3) is 0 Å². The molecule has 0 aliphatic rings. The summed E-state index contributed by atoms with van der Waals surface area (Å²) in [4.78, 5) is 35.5. The molecule has 1 atom stereocenters. The number of hydrogen-bond acceptors (Lipinski definition) is 8. The number of carbonyl (C=O) groups excluding carboxylic acids is 3. The van der Waals surface area contributed by atoms with Crippen molar-refractivity contribution in [3.05, 3.63) is 34.3 Å². The molecule has 0 saturated heterocycles. The first kappa shape index (κ1) is 27.0. The predicted octanol–water partition coefficient (Wildman–Crippen LogP) is 2.42. The van der Waals surface area contributed by atoms with E-state index in [1.807, 2.05) is 0 Å². The van der Waals surface area contributed by atoms with E-state index >= 15 is 0 Å². The molecule has 0 amide bonds. The summed E-state index contributed by atoms with van der Waals surface area (Å²) in [5.41, 5.74) is -1.08. The molecule has 0 aromatic heterocycles. The Hall–Kier alpha value is -2.00. The zero-order chi connectivity index (χ0) is 23.7. The van der Waals surface area contributed by atoms with Gasteiger partial charge in [-0.1, -0.05) is 30.5 Å². The number of halogens is 1. The number of ether oxygens (including phenoxy) is 2. The zero-order valence-electron chi connectivity index (χ0n) is 18.1. The average molecular weight is 459 g/mol. The number of Topliss-reactive ketones (excluding diaryl/α,β-unsaturated/α-hetero) is 1. The summed E-state index contributed by atoms with van der Waals surface area (Å²) in [5, 5.41) is 30.6. The Kier molecular flexibility index (Phi) is 10.6. The normalized spacial score (nSPS) is 13.4. The van der Waals surface area contributed by atoms with Crippen LogP contribution in [0.5, 0.6) is 0 Å². The highest BCUT2D eigenvalue weighted by Gasteiger charge is 2.41. The third kappa shape index (κ3) is 8.95. The number of ketones is 1. The second kappa shape index (κ2) is 12.1.